The largest absolute Gasteiger partial charge is 0.314 e. The van der Waals surface area contributed by atoms with E-state index < -0.39 is 5.66 Å². The maximum Gasteiger partial charge on any atom is 0.267 e. The van der Waals surface area contributed by atoms with Crippen LogP contribution in [0.15, 0.2) is 4.99 Å². The van der Waals surface area contributed by atoms with Crippen LogP contribution in [0.3, 0.4) is 0 Å². The van der Waals surface area contributed by atoms with E-state index in [0.29, 0.717) is 0 Å². The smallest absolute Gasteiger partial charge is 0.267 e. The molecule has 1 atom stereocenters. The van der Waals surface area contributed by atoms with Gasteiger partial charge in [-0.3, -0.25) is 10.1 Å². The fourth-order valence-corrected chi connectivity index (χ4v) is 0.597. The normalized spacial score (nSPS) is 32.9. The molecule has 0 fully saturated rings. The van der Waals surface area contributed by atoms with Gasteiger partial charge in [0.15, 0.2) is 5.66 Å². The molecule has 0 aliphatic carbocycles. The summed E-state index contributed by atoms with van der Waals surface area (Å²) in [6.07, 6.45) is 1.40. The van der Waals surface area contributed by atoms with Gasteiger partial charge in [0.05, 0.1) is 6.34 Å². The van der Waals surface area contributed by atoms with Crippen LogP contribution >= 0.6 is 0 Å². The van der Waals surface area contributed by atoms with Crippen LogP contribution in [-0.4, -0.2) is 25.0 Å². The molecule has 1 amide bonds. The van der Waals surface area contributed by atoms with Gasteiger partial charge in [0.2, 0.25) is 0 Å². The van der Waals surface area contributed by atoms with E-state index in [0.717, 1.165) is 0 Å². The van der Waals surface area contributed by atoms with E-state index in [9.17, 15) is 4.79 Å². The second-order valence-corrected chi connectivity index (χ2v) is 2.05. The third-order valence-corrected chi connectivity index (χ3v) is 1.45. The molecule has 9 heavy (non-hydrogen) atoms. The maximum absolute atomic E-state index is 10.8. The second kappa shape index (κ2) is 1.80. The molecule has 1 rings (SSSR count). The summed E-state index contributed by atoms with van der Waals surface area (Å²) in [5.74, 6) is -0.106. The zero-order chi connectivity index (χ0) is 6.91. The highest BCUT2D eigenvalue weighted by molar-refractivity contribution is 5.99. The van der Waals surface area contributed by atoms with Crippen LogP contribution in [0.4, 0.5) is 0 Å². The predicted octanol–water partition coefficient (Wildman–Crippen LogP) is -0.920. The highest BCUT2D eigenvalue weighted by Crippen LogP contribution is 2.06. The van der Waals surface area contributed by atoms with Crippen molar-refractivity contribution in [3.63, 3.8) is 0 Å². The zero-order valence-electron chi connectivity index (χ0n) is 5.43. The topological polar surface area (TPSA) is 53.5 Å². The lowest BCUT2D eigenvalue weighted by atomic mass is 10.2. The Labute approximate surface area is 53.3 Å². The van der Waals surface area contributed by atoms with Crippen molar-refractivity contribution in [1.29, 1.82) is 0 Å². The van der Waals surface area contributed by atoms with E-state index in [1.807, 2.05) is 0 Å². The van der Waals surface area contributed by atoms with Crippen molar-refractivity contribution in [2.75, 3.05) is 7.05 Å². The molecule has 50 valence electrons. The molecule has 0 saturated carbocycles. The monoisotopic (exact) mass is 127 g/mol. The standard InChI is InChI=1S/C5H9N3O/c1-5(6-2)4(9)7-3-8-5/h3,6H,1-2H3,(H,7,8,9). The number of hydrogen-bond acceptors (Lipinski definition) is 3. The summed E-state index contributed by atoms with van der Waals surface area (Å²) in [5, 5.41) is 5.25. The van der Waals surface area contributed by atoms with Gasteiger partial charge < -0.3 is 5.32 Å². The molecule has 0 radical (unpaired) electrons. The summed E-state index contributed by atoms with van der Waals surface area (Å²) >= 11 is 0. The highest BCUT2D eigenvalue weighted by atomic mass is 16.2. The van der Waals surface area contributed by atoms with Gasteiger partial charge in [-0.05, 0) is 14.0 Å². The summed E-state index contributed by atoms with van der Waals surface area (Å²) < 4.78 is 0. The molecule has 0 bridgehead atoms. The van der Waals surface area contributed by atoms with Gasteiger partial charge >= 0.3 is 0 Å². The quantitative estimate of drug-likeness (QED) is 0.478. The minimum atomic E-state index is -0.736. The number of hydrogen-bond donors (Lipinski definition) is 2. The van der Waals surface area contributed by atoms with Crippen molar-refractivity contribution in [1.82, 2.24) is 10.6 Å². The Morgan fingerprint density at radius 1 is 1.89 bits per heavy atom. The van der Waals surface area contributed by atoms with Gasteiger partial charge in [-0.2, -0.15) is 0 Å². The number of rotatable bonds is 1. The Morgan fingerprint density at radius 3 is 2.78 bits per heavy atom. The average Bonchev–Trinajstić information content (AvgIpc) is 2.15. The van der Waals surface area contributed by atoms with Gasteiger partial charge in [-0.1, -0.05) is 0 Å². The molecule has 1 unspecified atom stereocenters. The van der Waals surface area contributed by atoms with Crippen molar-refractivity contribution in [3.8, 4) is 0 Å². The maximum atomic E-state index is 10.8. The number of carbonyl (C=O) groups is 1. The molecule has 0 aromatic carbocycles. The van der Waals surface area contributed by atoms with Crippen molar-refractivity contribution < 1.29 is 4.79 Å². The Balaban J connectivity index is 2.78. The Bertz CT molecular complexity index is 166. The first-order chi connectivity index (χ1) is 4.19. The molecular weight excluding hydrogens is 118 g/mol. The minimum absolute atomic E-state index is 0.106. The molecule has 0 spiro atoms. The minimum Gasteiger partial charge on any atom is -0.314 e. The van der Waals surface area contributed by atoms with Gasteiger partial charge in [-0.25, -0.2) is 4.99 Å². The molecule has 2 N–H and O–H groups in total. The van der Waals surface area contributed by atoms with Gasteiger partial charge in [0.1, 0.15) is 0 Å². The van der Waals surface area contributed by atoms with Crippen LogP contribution in [-0.2, 0) is 4.79 Å². The van der Waals surface area contributed by atoms with E-state index in [2.05, 4.69) is 15.6 Å². The summed E-state index contributed by atoms with van der Waals surface area (Å²) in [7, 11) is 1.70. The molecule has 1 aliphatic heterocycles. The molecule has 4 nitrogen and oxygen atoms in total. The zero-order valence-corrected chi connectivity index (χ0v) is 5.43. The van der Waals surface area contributed by atoms with Gasteiger partial charge in [-0.15, -0.1) is 0 Å². The molecule has 0 aromatic rings. The molecule has 1 heterocycles. The third-order valence-electron chi connectivity index (χ3n) is 1.45. The van der Waals surface area contributed by atoms with Crippen LogP contribution in [0.1, 0.15) is 6.92 Å². The number of aliphatic imine (C=N–C) groups is 1. The van der Waals surface area contributed by atoms with Gasteiger partial charge in [0, 0.05) is 0 Å². The summed E-state index contributed by atoms with van der Waals surface area (Å²) in [6.45, 7) is 1.71. The third kappa shape index (κ3) is 0.810. The van der Waals surface area contributed by atoms with Crippen molar-refractivity contribution >= 4 is 12.2 Å². The van der Waals surface area contributed by atoms with Crippen LogP contribution in [0.2, 0.25) is 0 Å². The van der Waals surface area contributed by atoms with Crippen molar-refractivity contribution in [2.45, 2.75) is 12.6 Å². The van der Waals surface area contributed by atoms with Crippen LogP contribution in [0, 0.1) is 0 Å². The molecule has 0 saturated heterocycles. The SMILES string of the molecule is CNC1(C)N=CNC1=O. The highest BCUT2D eigenvalue weighted by Gasteiger charge is 2.32. The van der Waals surface area contributed by atoms with Crippen LogP contribution in [0.5, 0.6) is 0 Å². The first-order valence-corrected chi connectivity index (χ1v) is 2.72. The number of nitrogens with zero attached hydrogens (tertiary/aromatic N) is 1. The summed E-state index contributed by atoms with van der Waals surface area (Å²) in [6, 6.07) is 0. The lowest BCUT2D eigenvalue weighted by molar-refractivity contribution is -0.124. The first-order valence-electron chi connectivity index (χ1n) is 2.72. The van der Waals surface area contributed by atoms with E-state index in [1.54, 1.807) is 14.0 Å². The predicted molar refractivity (Wildman–Crippen MR) is 34.1 cm³/mol. The van der Waals surface area contributed by atoms with Crippen LogP contribution < -0.4 is 10.6 Å². The van der Waals surface area contributed by atoms with Crippen molar-refractivity contribution in [3.05, 3.63) is 0 Å². The Morgan fingerprint density at radius 2 is 2.56 bits per heavy atom. The number of likely N-dealkylation sites (N-methyl/N-ethyl adjacent to an activating group) is 1. The molecule has 1 aliphatic rings. The Hall–Kier alpha value is -0.900. The van der Waals surface area contributed by atoms with Crippen LogP contribution in [0.25, 0.3) is 0 Å². The van der Waals surface area contributed by atoms with Crippen molar-refractivity contribution in [2.24, 2.45) is 4.99 Å². The lowest BCUT2D eigenvalue weighted by Crippen LogP contribution is -2.46. The fraction of sp³-hybridized carbons (Fsp3) is 0.600. The van der Waals surface area contributed by atoms with E-state index >= 15 is 0 Å². The summed E-state index contributed by atoms with van der Waals surface area (Å²) in [5.41, 5.74) is -0.736. The van der Waals surface area contributed by atoms with E-state index in [1.165, 1.54) is 6.34 Å². The van der Waals surface area contributed by atoms with Gasteiger partial charge in [0.25, 0.3) is 5.91 Å². The number of amides is 1. The lowest BCUT2D eigenvalue weighted by Gasteiger charge is -2.15. The first kappa shape index (κ1) is 6.22. The molecular formula is C5H9N3O. The fourth-order valence-electron chi connectivity index (χ4n) is 0.597. The number of carbonyl (C=O) groups excluding carboxylic acids is 1. The second-order valence-electron chi connectivity index (χ2n) is 2.05. The number of nitrogens with one attached hydrogen (secondary N) is 2. The molecule has 0 aromatic heterocycles. The molecule has 4 heteroatoms. The average molecular weight is 127 g/mol. The Kier molecular flexibility index (Phi) is 1.25. The summed E-state index contributed by atoms with van der Waals surface area (Å²) in [4.78, 5) is 14.7. The van der Waals surface area contributed by atoms with E-state index in [-0.39, 0.29) is 5.91 Å². The van der Waals surface area contributed by atoms with E-state index in [4.69, 9.17) is 0 Å².